The highest BCUT2D eigenvalue weighted by Gasteiger charge is 2.23. The molecule has 0 atom stereocenters. The van der Waals surface area contributed by atoms with Crippen molar-refractivity contribution in [2.24, 2.45) is 0 Å². The Hall–Kier alpha value is -3.30. The summed E-state index contributed by atoms with van der Waals surface area (Å²) in [6.45, 7) is 1.77. The third-order valence-corrected chi connectivity index (χ3v) is 5.39. The van der Waals surface area contributed by atoms with Crippen LogP contribution in [0.15, 0.2) is 62.6 Å². The van der Waals surface area contributed by atoms with Crippen LogP contribution in [0, 0.1) is 0 Å². The van der Waals surface area contributed by atoms with Crippen LogP contribution in [0.5, 0.6) is 0 Å². The third-order valence-electron chi connectivity index (χ3n) is 4.35. The molecule has 0 radical (unpaired) electrons. The molecular weight excluding hydrogens is 456 g/mol. The Morgan fingerprint density at radius 1 is 1.03 bits per heavy atom. The van der Waals surface area contributed by atoms with Gasteiger partial charge in [-0.1, -0.05) is 41.6 Å². The number of hydrogen-bond acceptors (Lipinski definition) is 9. The van der Waals surface area contributed by atoms with E-state index in [2.05, 4.69) is 10.2 Å². The summed E-state index contributed by atoms with van der Waals surface area (Å²) >= 11 is 6.93. The number of halogens is 1. The van der Waals surface area contributed by atoms with Crippen molar-refractivity contribution in [1.29, 1.82) is 0 Å². The molecule has 10 heteroatoms. The lowest BCUT2D eigenvalue weighted by Gasteiger charge is -2.05. The van der Waals surface area contributed by atoms with Crippen molar-refractivity contribution in [2.45, 2.75) is 18.8 Å². The zero-order valence-corrected chi connectivity index (χ0v) is 18.4. The second kappa shape index (κ2) is 9.88. The predicted octanol–water partition coefficient (Wildman–Crippen LogP) is 5.15. The van der Waals surface area contributed by atoms with Crippen LogP contribution in [-0.2, 0) is 20.9 Å². The minimum absolute atomic E-state index is 0.0259. The SMILES string of the molecule is CCOC(=O)c1oc2ccccc2c1COC(=O)CSc1nnc(-c2ccc(Cl)cc2)o1. The van der Waals surface area contributed by atoms with E-state index >= 15 is 0 Å². The van der Waals surface area contributed by atoms with Gasteiger partial charge in [0.05, 0.1) is 12.2 Å². The summed E-state index contributed by atoms with van der Waals surface area (Å²) < 4.78 is 21.6. The number of hydrogen-bond donors (Lipinski definition) is 0. The van der Waals surface area contributed by atoms with Gasteiger partial charge in [-0.15, -0.1) is 10.2 Å². The molecule has 0 N–H and O–H groups in total. The predicted molar refractivity (Wildman–Crippen MR) is 117 cm³/mol. The number of fused-ring (bicyclic) bond motifs is 1. The Balaban J connectivity index is 1.38. The second-order valence-electron chi connectivity index (χ2n) is 6.46. The van der Waals surface area contributed by atoms with Crippen molar-refractivity contribution in [3.63, 3.8) is 0 Å². The Morgan fingerprint density at radius 3 is 2.59 bits per heavy atom. The maximum atomic E-state index is 12.3. The van der Waals surface area contributed by atoms with Gasteiger partial charge in [0.2, 0.25) is 11.7 Å². The van der Waals surface area contributed by atoms with E-state index in [0.717, 1.165) is 17.3 Å². The van der Waals surface area contributed by atoms with Gasteiger partial charge in [-0.25, -0.2) is 4.79 Å². The maximum absolute atomic E-state index is 12.3. The minimum Gasteiger partial charge on any atom is -0.460 e. The number of rotatable bonds is 8. The van der Waals surface area contributed by atoms with Gasteiger partial charge in [0.25, 0.3) is 5.22 Å². The molecule has 0 bridgehead atoms. The molecule has 164 valence electrons. The van der Waals surface area contributed by atoms with Crippen LogP contribution in [0.4, 0.5) is 0 Å². The first-order valence-electron chi connectivity index (χ1n) is 9.60. The molecule has 0 unspecified atom stereocenters. The van der Waals surface area contributed by atoms with Gasteiger partial charge in [0, 0.05) is 16.0 Å². The van der Waals surface area contributed by atoms with E-state index in [1.165, 1.54) is 0 Å². The number of esters is 2. The van der Waals surface area contributed by atoms with Crippen LogP contribution >= 0.6 is 23.4 Å². The van der Waals surface area contributed by atoms with Crippen LogP contribution in [0.2, 0.25) is 5.02 Å². The highest BCUT2D eigenvalue weighted by atomic mass is 35.5. The Labute approximate surface area is 191 Å². The fourth-order valence-corrected chi connectivity index (χ4v) is 3.58. The van der Waals surface area contributed by atoms with Gasteiger partial charge in [-0.2, -0.15) is 0 Å². The standard InChI is InChI=1S/C22H17ClN2O6S/c1-2-28-21(27)19-16(15-5-3-4-6-17(15)30-19)11-29-18(26)12-32-22-25-24-20(31-22)13-7-9-14(23)10-8-13/h3-10H,2,11-12H2,1H3. The van der Waals surface area contributed by atoms with Gasteiger partial charge >= 0.3 is 11.9 Å². The first kappa shape index (κ1) is 21.9. The largest absolute Gasteiger partial charge is 0.460 e. The molecule has 2 aromatic heterocycles. The van der Waals surface area contributed by atoms with Crippen molar-refractivity contribution < 1.29 is 27.9 Å². The van der Waals surface area contributed by atoms with Crippen LogP contribution in [0.1, 0.15) is 23.0 Å². The first-order chi connectivity index (χ1) is 15.5. The third kappa shape index (κ3) is 4.95. The lowest BCUT2D eigenvalue weighted by Crippen LogP contribution is -2.11. The molecule has 8 nitrogen and oxygen atoms in total. The molecule has 2 heterocycles. The number of carbonyl (C=O) groups is 2. The zero-order valence-electron chi connectivity index (χ0n) is 16.9. The fraction of sp³-hybridized carbons (Fsp3) is 0.182. The zero-order chi connectivity index (χ0) is 22.5. The van der Waals surface area contributed by atoms with Crippen LogP contribution in [0.25, 0.3) is 22.4 Å². The molecule has 0 saturated carbocycles. The van der Waals surface area contributed by atoms with Crippen LogP contribution in [-0.4, -0.2) is 34.5 Å². The smallest absolute Gasteiger partial charge is 0.374 e. The number of carbonyl (C=O) groups excluding carboxylic acids is 2. The molecule has 2 aromatic carbocycles. The minimum atomic E-state index is -0.607. The summed E-state index contributed by atoms with van der Waals surface area (Å²) in [6, 6.07) is 14.1. The molecule has 0 spiro atoms. The molecule has 4 rings (SSSR count). The number of aromatic nitrogens is 2. The monoisotopic (exact) mass is 472 g/mol. The summed E-state index contributed by atoms with van der Waals surface area (Å²) in [6.07, 6.45) is 0. The van der Waals surface area contributed by atoms with E-state index < -0.39 is 11.9 Å². The van der Waals surface area contributed by atoms with Gasteiger partial charge < -0.3 is 18.3 Å². The molecule has 0 amide bonds. The van der Waals surface area contributed by atoms with Gasteiger partial charge in [0.1, 0.15) is 17.9 Å². The van der Waals surface area contributed by atoms with E-state index in [1.54, 1.807) is 49.4 Å². The van der Waals surface area contributed by atoms with Crippen LogP contribution in [0.3, 0.4) is 0 Å². The average molecular weight is 473 g/mol. The molecule has 32 heavy (non-hydrogen) atoms. The number of para-hydroxylation sites is 1. The van der Waals surface area contributed by atoms with Crippen LogP contribution < -0.4 is 0 Å². The van der Waals surface area contributed by atoms with Gasteiger partial charge in [-0.3, -0.25) is 4.79 Å². The first-order valence-corrected chi connectivity index (χ1v) is 11.0. The normalized spacial score (nSPS) is 10.9. The van der Waals surface area contributed by atoms with Crippen molar-refractivity contribution in [3.05, 3.63) is 64.9 Å². The molecule has 0 aliphatic heterocycles. The number of benzene rings is 2. The van der Waals surface area contributed by atoms with Crippen molar-refractivity contribution in [2.75, 3.05) is 12.4 Å². The molecule has 0 aliphatic rings. The van der Waals surface area contributed by atoms with E-state index in [0.29, 0.717) is 27.4 Å². The maximum Gasteiger partial charge on any atom is 0.374 e. The Morgan fingerprint density at radius 2 is 1.81 bits per heavy atom. The topological polar surface area (TPSA) is 105 Å². The summed E-state index contributed by atoms with van der Waals surface area (Å²) in [7, 11) is 0. The summed E-state index contributed by atoms with van der Waals surface area (Å²) in [5, 5.41) is 9.40. The number of nitrogens with zero attached hydrogens (tertiary/aromatic N) is 2. The second-order valence-corrected chi connectivity index (χ2v) is 7.82. The van der Waals surface area contributed by atoms with E-state index in [9.17, 15) is 9.59 Å². The quantitative estimate of drug-likeness (QED) is 0.254. The molecular formula is C22H17ClN2O6S. The summed E-state index contributed by atoms with van der Waals surface area (Å²) in [4.78, 5) is 24.5. The molecule has 0 saturated heterocycles. The highest BCUT2D eigenvalue weighted by Crippen LogP contribution is 2.28. The number of thioether (sulfide) groups is 1. The van der Waals surface area contributed by atoms with Gasteiger partial charge in [-0.05, 0) is 37.3 Å². The van der Waals surface area contributed by atoms with Crippen molar-refractivity contribution >= 4 is 46.3 Å². The molecule has 0 aliphatic carbocycles. The lowest BCUT2D eigenvalue weighted by molar-refractivity contribution is -0.141. The Kier molecular flexibility index (Phi) is 6.77. The van der Waals surface area contributed by atoms with Gasteiger partial charge in [0.15, 0.2) is 0 Å². The van der Waals surface area contributed by atoms with E-state index in [-0.39, 0.29) is 29.9 Å². The molecule has 0 fully saturated rings. The summed E-state index contributed by atoms with van der Waals surface area (Å²) in [5.74, 6) is -0.821. The lowest BCUT2D eigenvalue weighted by atomic mass is 10.1. The van der Waals surface area contributed by atoms with Crippen molar-refractivity contribution in [1.82, 2.24) is 10.2 Å². The highest BCUT2D eigenvalue weighted by molar-refractivity contribution is 7.99. The summed E-state index contributed by atoms with van der Waals surface area (Å²) in [5.41, 5.74) is 1.69. The van der Waals surface area contributed by atoms with Crippen molar-refractivity contribution in [3.8, 4) is 11.5 Å². The Bertz CT molecular complexity index is 1250. The fourth-order valence-electron chi connectivity index (χ4n) is 2.90. The van der Waals surface area contributed by atoms with E-state index in [4.69, 9.17) is 29.9 Å². The number of furan rings is 1. The number of ether oxygens (including phenoxy) is 2. The van der Waals surface area contributed by atoms with E-state index in [1.807, 2.05) is 6.07 Å². The average Bonchev–Trinajstić information content (AvgIpc) is 3.42. The molecule has 4 aromatic rings.